The molecule has 0 radical (unpaired) electrons. The summed E-state index contributed by atoms with van der Waals surface area (Å²) >= 11 is 6.60. The zero-order valence-corrected chi connectivity index (χ0v) is 46.4. The van der Waals surface area contributed by atoms with Gasteiger partial charge >= 0.3 is 6.03 Å². The molecule has 2 saturated heterocycles. The zero-order chi connectivity index (χ0) is 56.8. The Balaban J connectivity index is 0.777. The average molecular weight is 1120 g/mol. The van der Waals surface area contributed by atoms with E-state index >= 15 is 0 Å². The van der Waals surface area contributed by atoms with E-state index in [1.54, 1.807) is 56.4 Å². The summed E-state index contributed by atoms with van der Waals surface area (Å²) in [7, 11) is 7.73. The number of alkyl halides is 2. The van der Waals surface area contributed by atoms with Gasteiger partial charge in [-0.1, -0.05) is 11.6 Å². The fourth-order valence-corrected chi connectivity index (χ4v) is 11.4. The molecule has 7 heterocycles. The SMILES string of the molecule is CN=CC(=CN)c1cc2c(cc1C(F)F)N(c1nn(C3CCN(C(=O)CCCNC(=O)C4CCN(c5ncc(Cl)c(Nc6cc(OC)c7c(c6)cc(OCC(=O)NC)c(=O)n7C)n5)CC4)CC3)c3c1CN(C(=O)NC)CC3)CCC2. The lowest BCUT2D eigenvalue weighted by molar-refractivity contribution is -0.133. The second-order valence-corrected chi connectivity index (χ2v) is 20.7. The minimum absolute atomic E-state index is 0.00269. The molecule has 0 saturated carbocycles. The molecule has 0 bridgehead atoms. The van der Waals surface area contributed by atoms with Crippen LogP contribution in [0.25, 0.3) is 16.5 Å². The summed E-state index contributed by atoms with van der Waals surface area (Å²) in [6.07, 6.45) is 6.79. The van der Waals surface area contributed by atoms with Crippen LogP contribution in [0, 0.1) is 5.92 Å². The molecule has 426 valence electrons. The molecule has 2 aromatic carbocycles. The molecule has 80 heavy (non-hydrogen) atoms. The van der Waals surface area contributed by atoms with Crippen LogP contribution in [0.15, 0.2) is 52.5 Å². The van der Waals surface area contributed by atoms with Gasteiger partial charge in [0.15, 0.2) is 24.0 Å². The Morgan fingerprint density at radius 3 is 2.44 bits per heavy atom. The standard InChI is InChI=1S/C55H68ClF2N15O7/c1-60-28-35(27-59)38-23-33-8-7-16-72(43(33)26-39(38)49(57)58)51-40-30-71(55(78)62-3)21-14-42(40)73(67-51)37-12-19-69(20-13-37)47(75)9-6-15-63-52(76)32-10-17-70(18-11-32)54-64-29-41(56)50(66-54)65-36-22-34-24-45(80-31-46(74)61-2)53(77)68(4)48(34)44(25-36)79-5/h22-29,32,37,49H,6-21,30-31,59H2,1-5H3,(H,61,74)(H,62,78)(H,63,76)(H,64,65,66). The summed E-state index contributed by atoms with van der Waals surface area (Å²) in [4.78, 5) is 85.7. The molecule has 0 spiro atoms. The number of nitrogens with one attached hydrogen (secondary N) is 4. The smallest absolute Gasteiger partial charge is 0.317 e. The molecule has 0 atom stereocenters. The molecular weight excluding hydrogens is 1060 g/mol. The molecule has 5 amide bonds. The molecule has 2 fully saturated rings. The van der Waals surface area contributed by atoms with E-state index in [9.17, 15) is 32.8 Å². The molecular formula is C55H68ClF2N15O7. The number of rotatable bonds is 17. The Kier molecular flexibility index (Phi) is 17.7. The number of likely N-dealkylation sites (tertiary alicyclic amines) is 1. The van der Waals surface area contributed by atoms with Gasteiger partial charge in [0, 0.05) is 150 Å². The highest BCUT2D eigenvalue weighted by molar-refractivity contribution is 6.33. The second kappa shape index (κ2) is 25.0. The molecule has 6 N–H and O–H groups in total. The number of ether oxygens (including phenoxy) is 2. The van der Waals surface area contributed by atoms with Crippen molar-refractivity contribution < 1.29 is 37.4 Å². The number of hydrogen-bond acceptors (Lipinski definition) is 15. The van der Waals surface area contributed by atoms with Gasteiger partial charge in [0.05, 0.1) is 31.4 Å². The molecule has 0 unspecified atom stereocenters. The maximum atomic E-state index is 14.8. The Morgan fingerprint density at radius 1 is 0.963 bits per heavy atom. The number of amides is 5. The lowest BCUT2D eigenvalue weighted by Crippen LogP contribution is -2.42. The van der Waals surface area contributed by atoms with Gasteiger partial charge in [-0.25, -0.2) is 18.6 Å². The van der Waals surface area contributed by atoms with Gasteiger partial charge in [0.1, 0.15) is 10.8 Å². The van der Waals surface area contributed by atoms with Crippen LogP contribution in [-0.4, -0.2) is 145 Å². The number of allylic oxidation sites excluding steroid dienone is 1. The number of piperidine rings is 2. The van der Waals surface area contributed by atoms with Gasteiger partial charge in [0.25, 0.3) is 17.9 Å². The number of methoxy groups -OCH3 is 1. The van der Waals surface area contributed by atoms with Crippen molar-refractivity contribution in [3.8, 4) is 11.5 Å². The monoisotopic (exact) mass is 1120 g/mol. The number of carbonyl (C=O) groups excluding carboxylic acids is 4. The fourth-order valence-electron chi connectivity index (χ4n) is 11.2. The third kappa shape index (κ3) is 11.9. The van der Waals surface area contributed by atoms with Gasteiger partial charge in [-0.05, 0) is 80.3 Å². The van der Waals surface area contributed by atoms with E-state index < -0.39 is 12.0 Å². The van der Waals surface area contributed by atoms with E-state index in [1.165, 1.54) is 37.3 Å². The lowest BCUT2D eigenvalue weighted by atomic mass is 9.92. The number of nitrogens with two attached hydrogens (primary N) is 1. The van der Waals surface area contributed by atoms with Crippen molar-refractivity contribution >= 4 is 87.0 Å². The number of urea groups is 1. The van der Waals surface area contributed by atoms with Gasteiger partial charge in [-0.2, -0.15) is 10.1 Å². The van der Waals surface area contributed by atoms with Crippen LogP contribution in [0.4, 0.5) is 42.5 Å². The Morgan fingerprint density at radius 2 is 1.74 bits per heavy atom. The van der Waals surface area contributed by atoms with E-state index in [4.69, 9.17) is 36.9 Å². The number of aromatic nitrogens is 5. The number of hydrogen-bond donors (Lipinski definition) is 5. The third-order valence-electron chi connectivity index (χ3n) is 15.5. The summed E-state index contributed by atoms with van der Waals surface area (Å²) in [5.74, 6) is 1.18. The molecule has 22 nitrogen and oxygen atoms in total. The van der Waals surface area contributed by atoms with Crippen LogP contribution < -0.4 is 51.8 Å². The van der Waals surface area contributed by atoms with Crippen molar-refractivity contribution in [1.82, 2.24) is 50.1 Å². The predicted octanol–water partition coefficient (Wildman–Crippen LogP) is 5.75. The highest BCUT2D eigenvalue weighted by Crippen LogP contribution is 2.43. The van der Waals surface area contributed by atoms with Gasteiger partial charge in [0.2, 0.25) is 17.8 Å². The number of carbonyl (C=O) groups is 4. The second-order valence-electron chi connectivity index (χ2n) is 20.3. The van der Waals surface area contributed by atoms with Crippen LogP contribution in [0.5, 0.6) is 11.5 Å². The molecule has 4 aliphatic heterocycles. The van der Waals surface area contributed by atoms with Gasteiger partial charge in [-0.3, -0.25) is 28.9 Å². The highest BCUT2D eigenvalue weighted by Gasteiger charge is 2.36. The minimum atomic E-state index is -2.77. The normalized spacial score (nSPS) is 16.2. The third-order valence-corrected chi connectivity index (χ3v) is 15.7. The maximum absolute atomic E-state index is 14.8. The van der Waals surface area contributed by atoms with Crippen LogP contribution in [0.1, 0.15) is 85.4 Å². The topological polar surface area (TPSA) is 252 Å². The maximum Gasteiger partial charge on any atom is 0.317 e. The van der Waals surface area contributed by atoms with Crippen molar-refractivity contribution in [1.29, 1.82) is 0 Å². The first-order valence-corrected chi connectivity index (χ1v) is 27.3. The molecule has 4 aliphatic rings. The number of nitrogens with zero attached hydrogens (tertiary/aromatic N) is 10. The molecule has 9 rings (SSSR count). The van der Waals surface area contributed by atoms with Crippen molar-refractivity contribution in [2.75, 3.05) is 95.8 Å². The number of benzene rings is 2. The average Bonchev–Trinajstić information content (AvgIpc) is 3.89. The van der Waals surface area contributed by atoms with E-state index in [2.05, 4.69) is 35.9 Å². The number of fused-ring (bicyclic) bond motifs is 3. The number of pyridine rings is 1. The van der Waals surface area contributed by atoms with E-state index in [1.807, 2.05) is 14.7 Å². The Bertz CT molecular complexity index is 3280. The molecule has 0 aliphatic carbocycles. The van der Waals surface area contributed by atoms with Crippen LogP contribution >= 0.6 is 11.6 Å². The van der Waals surface area contributed by atoms with Crippen molar-refractivity contribution in [2.24, 2.45) is 23.7 Å². The Labute approximate surface area is 466 Å². The highest BCUT2D eigenvalue weighted by atomic mass is 35.5. The van der Waals surface area contributed by atoms with Crippen LogP contribution in [0.3, 0.4) is 0 Å². The summed E-state index contributed by atoms with van der Waals surface area (Å²) in [5, 5.41) is 17.6. The number of halogens is 3. The quantitative estimate of drug-likeness (QED) is 0.0550. The number of likely N-dealkylation sites (N-methyl/N-ethyl adjacent to an activating group) is 1. The number of anilines is 5. The van der Waals surface area contributed by atoms with Crippen LogP contribution in [0.2, 0.25) is 5.02 Å². The van der Waals surface area contributed by atoms with E-state index in [-0.39, 0.29) is 65.1 Å². The lowest BCUT2D eigenvalue weighted by Gasteiger charge is -2.34. The Hall–Kier alpha value is -8.02. The minimum Gasteiger partial charge on any atom is -0.494 e. The summed E-state index contributed by atoms with van der Waals surface area (Å²) in [6.45, 7) is 3.52. The van der Waals surface area contributed by atoms with E-state index in [0.717, 1.165) is 23.2 Å². The predicted molar refractivity (Wildman–Crippen MR) is 302 cm³/mol. The van der Waals surface area contributed by atoms with E-state index in [0.29, 0.717) is 154 Å². The number of aryl methyl sites for hydroxylation is 2. The van der Waals surface area contributed by atoms with Crippen molar-refractivity contribution in [2.45, 2.75) is 76.8 Å². The summed E-state index contributed by atoms with van der Waals surface area (Å²) < 4.78 is 44.2. The largest absolute Gasteiger partial charge is 0.494 e. The number of aliphatic imine (C=N–C) groups is 1. The fraction of sp³-hybridized carbons (Fsp3) is 0.473. The zero-order valence-electron chi connectivity index (χ0n) is 45.6. The molecule has 5 aromatic rings. The first-order chi connectivity index (χ1) is 38.6. The van der Waals surface area contributed by atoms with Gasteiger partial charge < -0.3 is 60.6 Å². The molecule has 25 heteroatoms. The van der Waals surface area contributed by atoms with Crippen LogP contribution in [-0.2, 0) is 40.8 Å². The summed E-state index contributed by atoms with van der Waals surface area (Å²) in [6, 6.07) is 8.17. The summed E-state index contributed by atoms with van der Waals surface area (Å²) in [5.41, 5.74) is 10.6. The van der Waals surface area contributed by atoms with Crippen molar-refractivity contribution in [3.63, 3.8) is 0 Å². The molecule has 3 aromatic heterocycles. The van der Waals surface area contributed by atoms with Crippen molar-refractivity contribution in [3.05, 3.63) is 86.1 Å². The first-order valence-electron chi connectivity index (χ1n) is 26.9. The first kappa shape index (κ1) is 56.7. The van der Waals surface area contributed by atoms with Gasteiger partial charge in [-0.15, -0.1) is 0 Å².